The van der Waals surface area contributed by atoms with E-state index in [0.717, 1.165) is 12.2 Å². The Morgan fingerprint density at radius 1 is 1.45 bits per heavy atom. The van der Waals surface area contributed by atoms with Crippen LogP contribution in [0.3, 0.4) is 0 Å². The zero-order valence-electron chi connectivity index (χ0n) is 11.1. The standard InChI is InChI=1S/C13H16ClN5O/c1-2-16-12-5-10(11(14)7-18-12)13(20)17-4-3-9-6-15-8-19-9/h5-8H,2-4H2,1H3,(H,15,19)(H,16,18)(H,17,20). The molecule has 7 heteroatoms. The van der Waals surface area contributed by atoms with Gasteiger partial charge in [0.1, 0.15) is 5.82 Å². The lowest BCUT2D eigenvalue weighted by atomic mass is 10.2. The second-order valence-corrected chi connectivity index (χ2v) is 4.57. The number of anilines is 1. The summed E-state index contributed by atoms with van der Waals surface area (Å²) in [5.41, 5.74) is 1.39. The average molecular weight is 294 g/mol. The summed E-state index contributed by atoms with van der Waals surface area (Å²) in [6.07, 6.45) is 5.51. The molecule has 0 unspecified atom stereocenters. The van der Waals surface area contributed by atoms with E-state index in [4.69, 9.17) is 11.6 Å². The van der Waals surface area contributed by atoms with Crippen LogP contribution in [0.2, 0.25) is 5.02 Å². The van der Waals surface area contributed by atoms with E-state index < -0.39 is 0 Å². The summed E-state index contributed by atoms with van der Waals surface area (Å²) in [6.45, 7) is 3.20. The zero-order valence-corrected chi connectivity index (χ0v) is 11.9. The summed E-state index contributed by atoms with van der Waals surface area (Å²) >= 11 is 6.00. The van der Waals surface area contributed by atoms with E-state index >= 15 is 0 Å². The van der Waals surface area contributed by atoms with Crippen molar-refractivity contribution in [2.24, 2.45) is 0 Å². The van der Waals surface area contributed by atoms with Crippen molar-refractivity contribution in [1.29, 1.82) is 0 Å². The largest absolute Gasteiger partial charge is 0.370 e. The maximum atomic E-state index is 12.1. The molecule has 0 saturated heterocycles. The normalized spacial score (nSPS) is 10.3. The summed E-state index contributed by atoms with van der Waals surface area (Å²) in [5.74, 6) is 0.423. The van der Waals surface area contributed by atoms with Crippen molar-refractivity contribution in [1.82, 2.24) is 20.3 Å². The van der Waals surface area contributed by atoms with Crippen molar-refractivity contribution in [3.63, 3.8) is 0 Å². The van der Waals surface area contributed by atoms with Gasteiger partial charge < -0.3 is 15.6 Å². The van der Waals surface area contributed by atoms with E-state index in [0.29, 0.717) is 29.4 Å². The van der Waals surface area contributed by atoms with Gasteiger partial charge in [-0.05, 0) is 13.0 Å². The average Bonchev–Trinajstić information content (AvgIpc) is 2.94. The van der Waals surface area contributed by atoms with Gasteiger partial charge in [-0.15, -0.1) is 0 Å². The minimum atomic E-state index is -0.212. The van der Waals surface area contributed by atoms with Crippen LogP contribution in [0.15, 0.2) is 24.8 Å². The Balaban J connectivity index is 1.95. The predicted molar refractivity (Wildman–Crippen MR) is 78.0 cm³/mol. The lowest BCUT2D eigenvalue weighted by Gasteiger charge is -2.08. The Hall–Kier alpha value is -2.08. The number of H-pyrrole nitrogens is 1. The molecule has 1 amide bonds. The number of hydrogen-bond acceptors (Lipinski definition) is 4. The third-order valence-corrected chi connectivity index (χ3v) is 2.99. The van der Waals surface area contributed by atoms with Crippen LogP contribution >= 0.6 is 11.6 Å². The Labute approximate surface area is 122 Å². The molecule has 0 radical (unpaired) electrons. The fraction of sp³-hybridized carbons (Fsp3) is 0.308. The molecule has 0 aliphatic carbocycles. The van der Waals surface area contributed by atoms with E-state index in [1.165, 1.54) is 6.20 Å². The number of nitrogens with zero attached hydrogens (tertiary/aromatic N) is 2. The first kappa shape index (κ1) is 14.3. The second kappa shape index (κ2) is 6.91. The Kier molecular flexibility index (Phi) is 4.95. The first-order valence-electron chi connectivity index (χ1n) is 6.35. The quantitative estimate of drug-likeness (QED) is 0.759. The molecule has 0 aliphatic heterocycles. The van der Waals surface area contributed by atoms with E-state index in [1.807, 2.05) is 6.92 Å². The van der Waals surface area contributed by atoms with Gasteiger partial charge in [-0.3, -0.25) is 4.79 Å². The van der Waals surface area contributed by atoms with Crippen LogP contribution < -0.4 is 10.6 Å². The SMILES string of the molecule is CCNc1cc(C(=O)NCCc2cnc[nH]2)c(Cl)cn1. The topological polar surface area (TPSA) is 82.7 Å². The molecule has 3 N–H and O–H groups in total. The minimum Gasteiger partial charge on any atom is -0.370 e. The van der Waals surface area contributed by atoms with Crippen molar-refractivity contribution in [2.45, 2.75) is 13.3 Å². The highest BCUT2D eigenvalue weighted by Gasteiger charge is 2.11. The van der Waals surface area contributed by atoms with Gasteiger partial charge in [0.05, 0.1) is 16.9 Å². The summed E-state index contributed by atoms with van der Waals surface area (Å²) in [4.78, 5) is 23.1. The molecule has 0 aliphatic rings. The van der Waals surface area contributed by atoms with E-state index in [1.54, 1.807) is 18.6 Å². The van der Waals surface area contributed by atoms with Crippen LogP contribution in [0.5, 0.6) is 0 Å². The molecule has 2 aromatic rings. The number of imidazole rings is 1. The molecule has 20 heavy (non-hydrogen) atoms. The van der Waals surface area contributed by atoms with Crippen molar-refractivity contribution >= 4 is 23.3 Å². The molecule has 0 atom stereocenters. The fourth-order valence-corrected chi connectivity index (χ4v) is 1.91. The molecule has 0 aromatic carbocycles. The van der Waals surface area contributed by atoms with Crippen LogP contribution in [-0.2, 0) is 6.42 Å². The molecular formula is C13H16ClN5O. The van der Waals surface area contributed by atoms with Crippen molar-refractivity contribution in [3.8, 4) is 0 Å². The highest BCUT2D eigenvalue weighted by Crippen LogP contribution is 2.17. The molecule has 0 fully saturated rings. The number of nitrogens with one attached hydrogen (secondary N) is 3. The summed E-state index contributed by atoms with van der Waals surface area (Å²) < 4.78 is 0. The number of carbonyl (C=O) groups excluding carboxylic acids is 1. The van der Waals surface area contributed by atoms with Gasteiger partial charge in [-0.25, -0.2) is 9.97 Å². The molecule has 6 nitrogen and oxygen atoms in total. The van der Waals surface area contributed by atoms with Gasteiger partial charge in [0, 0.05) is 37.6 Å². The number of pyridine rings is 1. The third-order valence-electron chi connectivity index (χ3n) is 2.69. The fourth-order valence-electron chi connectivity index (χ4n) is 1.72. The molecule has 0 spiro atoms. The van der Waals surface area contributed by atoms with E-state index in [2.05, 4.69) is 25.6 Å². The first-order valence-corrected chi connectivity index (χ1v) is 6.73. The second-order valence-electron chi connectivity index (χ2n) is 4.16. The molecule has 2 rings (SSSR count). The monoisotopic (exact) mass is 293 g/mol. The van der Waals surface area contributed by atoms with Gasteiger partial charge in [0.15, 0.2) is 0 Å². The smallest absolute Gasteiger partial charge is 0.253 e. The molecule has 0 bridgehead atoms. The molecular weight excluding hydrogens is 278 g/mol. The zero-order chi connectivity index (χ0) is 14.4. The van der Waals surface area contributed by atoms with Gasteiger partial charge in [0.2, 0.25) is 0 Å². The Bertz CT molecular complexity index is 570. The lowest BCUT2D eigenvalue weighted by Crippen LogP contribution is -2.26. The van der Waals surface area contributed by atoms with Crippen LogP contribution in [0.1, 0.15) is 23.0 Å². The molecule has 2 aromatic heterocycles. The van der Waals surface area contributed by atoms with Crippen LogP contribution in [0.4, 0.5) is 5.82 Å². The van der Waals surface area contributed by atoms with Crippen molar-refractivity contribution < 1.29 is 4.79 Å². The third kappa shape index (κ3) is 3.71. The summed E-state index contributed by atoms with van der Waals surface area (Å²) in [6, 6.07) is 1.65. The molecule has 2 heterocycles. The number of aromatic nitrogens is 3. The predicted octanol–water partition coefficient (Wildman–Crippen LogP) is 1.86. The van der Waals surface area contributed by atoms with Crippen LogP contribution in [0.25, 0.3) is 0 Å². The van der Waals surface area contributed by atoms with E-state index in [9.17, 15) is 4.79 Å². The van der Waals surface area contributed by atoms with E-state index in [-0.39, 0.29) is 5.91 Å². The van der Waals surface area contributed by atoms with Gasteiger partial charge in [-0.1, -0.05) is 11.6 Å². The first-order chi connectivity index (χ1) is 9.70. The maximum Gasteiger partial charge on any atom is 0.253 e. The lowest BCUT2D eigenvalue weighted by molar-refractivity contribution is 0.0954. The van der Waals surface area contributed by atoms with Crippen LogP contribution in [0, 0.1) is 0 Å². The molecule has 106 valence electrons. The van der Waals surface area contributed by atoms with Gasteiger partial charge >= 0.3 is 0 Å². The Morgan fingerprint density at radius 2 is 2.30 bits per heavy atom. The highest BCUT2D eigenvalue weighted by molar-refractivity contribution is 6.33. The van der Waals surface area contributed by atoms with Crippen molar-refractivity contribution in [3.05, 3.63) is 41.1 Å². The van der Waals surface area contributed by atoms with Gasteiger partial charge in [0.25, 0.3) is 5.91 Å². The van der Waals surface area contributed by atoms with Crippen LogP contribution in [-0.4, -0.2) is 33.9 Å². The maximum absolute atomic E-state index is 12.1. The van der Waals surface area contributed by atoms with Crippen molar-refractivity contribution in [2.75, 3.05) is 18.4 Å². The number of amides is 1. The highest BCUT2D eigenvalue weighted by atomic mass is 35.5. The number of aromatic amines is 1. The summed E-state index contributed by atoms with van der Waals surface area (Å²) in [7, 11) is 0. The summed E-state index contributed by atoms with van der Waals surface area (Å²) in [5, 5.41) is 6.20. The number of halogens is 1. The number of rotatable bonds is 6. The minimum absolute atomic E-state index is 0.212. The Morgan fingerprint density at radius 3 is 3.00 bits per heavy atom. The number of carbonyl (C=O) groups is 1. The number of hydrogen-bond donors (Lipinski definition) is 3. The molecule has 0 saturated carbocycles. The van der Waals surface area contributed by atoms with Gasteiger partial charge in [-0.2, -0.15) is 0 Å².